The number of rotatable bonds is 4. The first-order chi connectivity index (χ1) is 24.8. The fourth-order valence-corrected chi connectivity index (χ4v) is 11.9. The number of benzene rings is 4. The first-order valence-electron chi connectivity index (χ1n) is 17.3. The van der Waals surface area contributed by atoms with Crippen LogP contribution in [0.2, 0.25) is 0 Å². The summed E-state index contributed by atoms with van der Waals surface area (Å²) >= 11 is 0. The maximum absolute atomic E-state index is 6.54. The van der Waals surface area contributed by atoms with E-state index < -0.39 is 8.07 Å². The summed E-state index contributed by atoms with van der Waals surface area (Å²) in [5.41, 5.74) is 13.2. The molecule has 3 aliphatic rings. The number of fused-ring (bicyclic) bond motifs is 5. The van der Waals surface area contributed by atoms with E-state index >= 15 is 0 Å². The highest BCUT2D eigenvalue weighted by Gasteiger charge is 2.42. The van der Waals surface area contributed by atoms with Crippen molar-refractivity contribution in [2.24, 2.45) is 0 Å². The summed E-state index contributed by atoms with van der Waals surface area (Å²) in [5, 5.41) is 6.20. The van der Waals surface area contributed by atoms with Crippen LogP contribution in [0.25, 0.3) is 45.2 Å². The topological polar surface area (TPSA) is 26.0 Å². The van der Waals surface area contributed by atoms with Gasteiger partial charge in [-0.3, -0.25) is 4.98 Å². The van der Waals surface area contributed by atoms with E-state index in [1.165, 1.54) is 48.6 Å². The fraction of sp³-hybridized carbons (Fsp3) is 0.0851. The third-order valence-electron chi connectivity index (χ3n) is 10.1. The van der Waals surface area contributed by atoms with Gasteiger partial charge in [-0.05, 0) is 80.5 Å². The molecule has 0 saturated heterocycles. The molecule has 0 radical (unpaired) electrons. The zero-order valence-electron chi connectivity index (χ0n) is 27.6. The van der Waals surface area contributed by atoms with Crippen LogP contribution in [0.15, 0.2) is 155 Å². The van der Waals surface area contributed by atoms with Crippen LogP contribution in [-0.2, 0) is 12.8 Å². The van der Waals surface area contributed by atoms with Gasteiger partial charge in [0.25, 0.3) is 0 Å². The molecule has 2 aromatic heterocycles. The van der Waals surface area contributed by atoms with E-state index in [-0.39, 0.29) is 0 Å². The highest BCUT2D eigenvalue weighted by molar-refractivity contribution is 7.09. The van der Waals surface area contributed by atoms with E-state index in [1.807, 2.05) is 24.4 Å². The molecule has 0 saturated carbocycles. The molecule has 50 heavy (non-hydrogen) atoms. The normalized spacial score (nSPS) is 15.7. The van der Waals surface area contributed by atoms with Gasteiger partial charge >= 0.3 is 0 Å². The Morgan fingerprint density at radius 3 is 2.50 bits per heavy atom. The maximum atomic E-state index is 6.54. The third-order valence-corrected chi connectivity index (χ3v) is 14.4. The minimum Gasteiger partial charge on any atom is -0.458 e. The Hall–Kier alpha value is -6.13. The molecule has 9 rings (SSSR count). The summed E-state index contributed by atoms with van der Waals surface area (Å²) < 4.78 is 6.54. The van der Waals surface area contributed by atoms with Crippen molar-refractivity contribution in [1.82, 2.24) is 4.98 Å². The van der Waals surface area contributed by atoms with Gasteiger partial charge in [-0.1, -0.05) is 144 Å². The second kappa shape index (κ2) is 12.7. The Labute approximate surface area is 293 Å². The molecule has 2 heterocycles. The fourth-order valence-electron chi connectivity index (χ4n) is 7.87. The number of pyridine rings is 1. The van der Waals surface area contributed by atoms with Gasteiger partial charge in [0.2, 0.25) is 8.07 Å². The van der Waals surface area contributed by atoms with Crippen molar-refractivity contribution in [2.45, 2.75) is 25.7 Å². The van der Waals surface area contributed by atoms with E-state index in [1.54, 1.807) is 0 Å². The van der Waals surface area contributed by atoms with Gasteiger partial charge in [0.15, 0.2) is 5.58 Å². The van der Waals surface area contributed by atoms with Crippen LogP contribution >= 0.6 is 0 Å². The summed E-state index contributed by atoms with van der Waals surface area (Å²) in [6.45, 7) is 0. The van der Waals surface area contributed by atoms with Gasteiger partial charge in [-0.2, -0.15) is 0 Å². The summed E-state index contributed by atoms with van der Waals surface area (Å²) in [5.74, 6) is 11.4. The number of hydrogen-bond acceptors (Lipinski definition) is 2. The van der Waals surface area contributed by atoms with Gasteiger partial charge in [0.1, 0.15) is 11.3 Å². The van der Waals surface area contributed by atoms with Crippen LogP contribution in [0.1, 0.15) is 40.9 Å². The van der Waals surface area contributed by atoms with Crippen molar-refractivity contribution in [3.8, 4) is 34.4 Å². The smallest absolute Gasteiger partial charge is 0.226 e. The summed E-state index contributed by atoms with van der Waals surface area (Å²) in [6.07, 6.45) is 22.9. The largest absolute Gasteiger partial charge is 0.458 e. The maximum Gasteiger partial charge on any atom is 0.226 e. The molecule has 0 spiro atoms. The lowest BCUT2D eigenvalue weighted by molar-refractivity contribution is 0.562. The van der Waals surface area contributed by atoms with E-state index in [2.05, 4.69) is 156 Å². The monoisotopic (exact) mass is 655 g/mol. The second-order valence-electron chi connectivity index (χ2n) is 12.9. The molecule has 3 heteroatoms. The molecule has 0 fully saturated rings. The van der Waals surface area contributed by atoms with Crippen molar-refractivity contribution in [2.75, 3.05) is 0 Å². The van der Waals surface area contributed by atoms with Crippen molar-refractivity contribution in [1.29, 1.82) is 0 Å². The van der Waals surface area contributed by atoms with Crippen LogP contribution < -0.4 is 5.19 Å². The number of hydrogen-bond donors (Lipinski definition) is 0. The molecular weight excluding hydrogens is 623 g/mol. The molecule has 3 aliphatic carbocycles. The van der Waals surface area contributed by atoms with Crippen molar-refractivity contribution in [3.63, 3.8) is 0 Å². The molecule has 0 N–H and O–H groups in total. The average Bonchev–Trinajstić information content (AvgIpc) is 3.34. The number of furan rings is 1. The molecule has 0 amide bonds. The standard InChI is InChI=1S/C47H33NOSi/c1-2-8-20-35(19-7-1)50(36-21-9-4-10-22-36,37-23-15-28-43-45(33-37)49-44-29-16-31-48-47(43)44)32-30-40-38-24-11-13-26-41(38)46(34-17-5-3-6-18-34)42-27-14-12-25-39(40)42/h3-7,9-13,15-26,28-29,31H,8,14,27,33H2. The number of aromatic nitrogens is 1. The highest BCUT2D eigenvalue weighted by Crippen LogP contribution is 2.41. The van der Waals surface area contributed by atoms with Crippen LogP contribution in [-0.4, -0.2) is 13.1 Å². The third kappa shape index (κ3) is 5.03. The van der Waals surface area contributed by atoms with E-state index in [9.17, 15) is 0 Å². The predicted molar refractivity (Wildman–Crippen MR) is 210 cm³/mol. The van der Waals surface area contributed by atoms with Crippen LogP contribution in [0.4, 0.5) is 0 Å². The van der Waals surface area contributed by atoms with Crippen LogP contribution in [0, 0.1) is 23.3 Å². The molecule has 4 aromatic carbocycles. The average molecular weight is 656 g/mol. The number of nitrogens with zero attached hydrogens (tertiary/aromatic N) is 1. The molecule has 0 aliphatic heterocycles. The molecule has 1 unspecified atom stereocenters. The Bertz CT molecular complexity index is 2590. The predicted octanol–water partition coefficient (Wildman–Crippen LogP) is 10.0. The molecule has 6 aromatic rings. The van der Waals surface area contributed by atoms with Crippen molar-refractivity contribution in [3.05, 3.63) is 178 Å². The Morgan fingerprint density at radius 1 is 0.800 bits per heavy atom. The zero-order valence-corrected chi connectivity index (χ0v) is 28.6. The zero-order chi connectivity index (χ0) is 33.3. The summed E-state index contributed by atoms with van der Waals surface area (Å²) in [7, 11) is -3.01. The Balaban J connectivity index is 1.33. The lowest BCUT2D eigenvalue weighted by Crippen LogP contribution is -2.52. The van der Waals surface area contributed by atoms with Gasteiger partial charge in [0, 0.05) is 30.2 Å². The lowest BCUT2D eigenvalue weighted by Gasteiger charge is -2.31. The molecule has 1 atom stereocenters. The first kappa shape index (κ1) is 30.0. The number of allylic oxidation sites excluding steroid dienone is 8. The second-order valence-corrected chi connectivity index (χ2v) is 16.4. The molecular formula is C47H33NOSi. The van der Waals surface area contributed by atoms with Gasteiger partial charge < -0.3 is 4.42 Å². The molecule has 0 bridgehead atoms. The van der Waals surface area contributed by atoms with Crippen molar-refractivity contribution < 1.29 is 4.42 Å². The molecule has 236 valence electrons. The summed E-state index contributed by atoms with van der Waals surface area (Å²) in [6, 6.07) is 34.5. The minimum atomic E-state index is -3.01. The van der Waals surface area contributed by atoms with Gasteiger partial charge in [-0.15, -0.1) is 5.54 Å². The van der Waals surface area contributed by atoms with E-state index in [0.717, 1.165) is 40.8 Å². The van der Waals surface area contributed by atoms with Gasteiger partial charge in [0.05, 0.1) is 0 Å². The quantitative estimate of drug-likeness (QED) is 0.140. The van der Waals surface area contributed by atoms with Crippen LogP contribution in [0.3, 0.4) is 0 Å². The first-order valence-corrected chi connectivity index (χ1v) is 19.3. The van der Waals surface area contributed by atoms with E-state index in [0.29, 0.717) is 12.8 Å². The van der Waals surface area contributed by atoms with Gasteiger partial charge in [-0.25, -0.2) is 0 Å². The molecule has 2 nitrogen and oxygen atoms in total. The van der Waals surface area contributed by atoms with E-state index in [4.69, 9.17) is 4.42 Å². The lowest BCUT2D eigenvalue weighted by atomic mass is 9.82. The Kier molecular flexibility index (Phi) is 7.62. The summed E-state index contributed by atoms with van der Waals surface area (Å²) in [4.78, 5) is 4.69. The minimum absolute atomic E-state index is 0.645. The van der Waals surface area contributed by atoms with Crippen molar-refractivity contribution >= 4 is 47.3 Å². The highest BCUT2D eigenvalue weighted by atomic mass is 28.3. The SMILES string of the molecule is C1#CCC=C([Si](C#Cc2c3c(c(-c4ccccc4)c4ccccc24)CCC=C3)(C2=CC=Cc3c(oc4cccnc34)C2)c2ccccc2)C=C1. The van der Waals surface area contributed by atoms with Crippen LogP contribution in [0.5, 0.6) is 0 Å². The Morgan fingerprint density at radius 2 is 1.62 bits per heavy atom.